The molecule has 15 aliphatic rings. The van der Waals surface area contributed by atoms with Gasteiger partial charge in [0.2, 0.25) is 5.91 Å². The zero-order chi connectivity index (χ0) is 104. The molecule has 768 valence electrons. The van der Waals surface area contributed by atoms with E-state index in [0.717, 1.165) is 15.9 Å². The van der Waals surface area contributed by atoms with Crippen LogP contribution < -0.4 is 85.1 Å². The second-order valence-corrected chi connectivity index (χ2v) is 44.0. The number of anilines is 2. The molecule has 13 saturated carbocycles. The van der Waals surface area contributed by atoms with Gasteiger partial charge in [-0.3, -0.25) is 57.0 Å². The molecule has 2 unspecified atom stereocenters. The number of hydrogen-bond donors (Lipinski definition) is 6. The second kappa shape index (κ2) is 38.6. The standard InChI is InChI=1S/C27H26Cl2FN5O6S.C27H26ClF2N3O5.C26H24FNO6.C26H24FNO5/c1-15-31-9-24(34(15)2)42(38,39)35-10-22(41-21-6-3-16(28)7-20(21)35)25(37)33-27-12-26(13-27,14-27)32-23(36)11-40-17-4-5-18(29)19(30)8-17;1-14-2-4-16(7-18(14)29)37-10-23(34)31-26-11-27(12-26,13-26)32-24(35)22-9-33(25(36)17-8-19(17)30)20-6-15(28)3-5-21(20)38-22;1-15-3-4-17(7-19(15)27)33-11-24(31)28-26-12-25(13-26,14-26)10-21(30)23-9-20(29)18-6-5-16(32-2)8-22(18)34-23;1-15-3-6-18-20(29)9-23(33-22(18)7-15)21(30)10-25-12-26(13-25,14-25)28-24(31)11-32-17-5-4-16(2)19(27)8-17/h3-9,22H,10-14H2,1-2H3,(H,32,36)(H,33,37);2-7,17,19,22H,8-13H2,1H3,(H,31,34)(H,32,35);3-9H,10-14H2,1-2H3,(H,28,31);3-9H,10-14H2,1-2H3,(H,28,31)/t;17-,19-,22?,26?,27?;;/m.0../s1. The Kier molecular flexibility index (Phi) is 26.7. The van der Waals surface area contributed by atoms with Gasteiger partial charge in [0.1, 0.15) is 86.7 Å². The lowest BCUT2D eigenvalue weighted by Gasteiger charge is -2.70. The number of rotatable bonds is 30. The minimum Gasteiger partial charge on any atom is -0.497 e. The van der Waals surface area contributed by atoms with Gasteiger partial charge in [-0.25, -0.2) is 26.9 Å². The number of benzene rings is 8. The second-order valence-electron chi connectivity index (χ2n) is 40.9. The van der Waals surface area contributed by atoms with Crippen molar-refractivity contribution in [2.45, 2.75) is 188 Å². The number of imidazole rings is 1. The highest BCUT2D eigenvalue weighted by Crippen LogP contribution is 2.70. The van der Waals surface area contributed by atoms with Crippen LogP contribution in [-0.2, 0) is 50.6 Å². The van der Waals surface area contributed by atoms with Gasteiger partial charge in [-0.1, -0.05) is 59.1 Å². The molecular weight excluding hydrogens is 2000 g/mol. The summed E-state index contributed by atoms with van der Waals surface area (Å²) in [6, 6.07) is 39.3. The summed E-state index contributed by atoms with van der Waals surface area (Å²) < 4.78 is 148. The van der Waals surface area contributed by atoms with Crippen molar-refractivity contribution in [2.75, 3.05) is 55.8 Å². The maximum absolute atomic E-state index is 13.7. The van der Waals surface area contributed by atoms with Crippen LogP contribution >= 0.6 is 34.8 Å². The summed E-state index contributed by atoms with van der Waals surface area (Å²) in [6.45, 7) is 7.27. The zero-order valence-electron chi connectivity index (χ0n) is 80.4. The minimum absolute atomic E-state index is 0.0331. The van der Waals surface area contributed by atoms with Crippen molar-refractivity contribution in [1.29, 1.82) is 0 Å². The number of hydrogen-bond acceptors (Lipinski definition) is 23. The molecule has 32 nitrogen and oxygen atoms in total. The normalized spacial score (nSPS) is 25.0. The first-order chi connectivity index (χ1) is 69.7. The molecule has 41 heteroatoms. The third-order valence-corrected chi connectivity index (χ3v) is 31.8. The Hall–Kier alpha value is -14.1. The van der Waals surface area contributed by atoms with Crippen LogP contribution in [0.5, 0.6) is 40.2 Å². The lowest BCUT2D eigenvalue weighted by atomic mass is 9.38. The third kappa shape index (κ3) is 20.8. The summed E-state index contributed by atoms with van der Waals surface area (Å²) in [5.74, 6) is -2.66. The predicted molar refractivity (Wildman–Crippen MR) is 526 cm³/mol. The van der Waals surface area contributed by atoms with E-state index in [1.54, 1.807) is 126 Å². The number of methoxy groups -OCH3 is 1. The number of alkyl halides is 1. The Morgan fingerprint density at radius 1 is 0.456 bits per heavy atom. The van der Waals surface area contributed by atoms with Crippen LogP contribution in [0.15, 0.2) is 187 Å². The lowest BCUT2D eigenvalue weighted by molar-refractivity contribution is -0.165. The number of aryl methyl sites for hydroxylation is 5. The fourth-order valence-corrected chi connectivity index (χ4v) is 24.3. The van der Waals surface area contributed by atoms with Gasteiger partial charge in [0.05, 0.1) is 59.5 Å². The number of aromatic nitrogens is 2. The maximum atomic E-state index is 13.7. The summed E-state index contributed by atoms with van der Waals surface area (Å²) >= 11 is 17.9. The number of amides is 7. The fraction of sp³-hybridized carbons (Fsp3) is 0.377. The van der Waals surface area contributed by atoms with E-state index in [-0.39, 0.29) is 195 Å². The van der Waals surface area contributed by atoms with Crippen molar-refractivity contribution in [1.82, 2.24) is 41.5 Å². The number of carbonyl (C=O) groups excluding carboxylic acids is 9. The molecule has 3 aromatic heterocycles. The fourth-order valence-electron chi connectivity index (χ4n) is 22.2. The van der Waals surface area contributed by atoms with Gasteiger partial charge in [-0.2, -0.15) is 8.42 Å². The number of nitrogens with one attached hydrogen (secondary N) is 6. The van der Waals surface area contributed by atoms with Gasteiger partial charge >= 0.3 is 0 Å². The van der Waals surface area contributed by atoms with Gasteiger partial charge in [0.15, 0.2) is 77.6 Å². The van der Waals surface area contributed by atoms with E-state index < -0.39 is 74.0 Å². The highest BCUT2D eigenvalue weighted by atomic mass is 35.5. The zero-order valence-corrected chi connectivity index (χ0v) is 83.5. The Morgan fingerprint density at radius 2 is 0.837 bits per heavy atom. The first kappa shape index (κ1) is 102. The van der Waals surface area contributed by atoms with E-state index >= 15 is 0 Å². The van der Waals surface area contributed by atoms with Crippen LogP contribution in [0.3, 0.4) is 0 Å². The molecule has 13 fully saturated rings. The van der Waals surface area contributed by atoms with Crippen LogP contribution in [0.25, 0.3) is 21.9 Å². The van der Waals surface area contributed by atoms with Crippen molar-refractivity contribution in [3.05, 3.63) is 262 Å². The Balaban J connectivity index is 0.000000124. The number of carbonyl (C=O) groups is 9. The summed E-state index contributed by atoms with van der Waals surface area (Å²) in [4.78, 5) is 145. The largest absolute Gasteiger partial charge is 0.497 e. The van der Waals surface area contributed by atoms with Crippen LogP contribution in [0, 0.1) is 74.6 Å². The quantitative estimate of drug-likeness (QED) is 0.0180. The van der Waals surface area contributed by atoms with E-state index in [0.29, 0.717) is 160 Å². The van der Waals surface area contributed by atoms with Crippen molar-refractivity contribution < 1.29 is 116 Å². The molecule has 13 aliphatic carbocycles. The maximum Gasteiger partial charge on any atom is 0.281 e. The molecule has 0 saturated heterocycles. The summed E-state index contributed by atoms with van der Waals surface area (Å²) in [7, 11) is -1.01. The number of nitrogens with zero attached hydrogens (tertiary/aromatic N) is 4. The van der Waals surface area contributed by atoms with E-state index in [2.05, 4.69) is 36.9 Å². The highest BCUT2D eigenvalue weighted by molar-refractivity contribution is 7.92. The molecule has 147 heavy (non-hydrogen) atoms. The topological polar surface area (TPSA) is 409 Å². The number of Topliss-reactive ketones (excluding diaryl/α,β-unsaturated/α-hetero) is 2. The molecular formula is C106H100Cl3F5N10O22S. The Labute approximate surface area is 852 Å². The van der Waals surface area contributed by atoms with Crippen LogP contribution in [0.2, 0.25) is 15.1 Å². The Morgan fingerprint density at radius 3 is 1.24 bits per heavy atom. The van der Waals surface area contributed by atoms with Crippen LogP contribution in [-0.4, -0.2) is 169 Å². The molecule has 7 amide bonds. The molecule has 8 bridgehead atoms. The molecule has 2 aliphatic heterocycles. The number of halogens is 8. The first-order valence-corrected chi connectivity index (χ1v) is 50.0. The summed E-state index contributed by atoms with van der Waals surface area (Å²) in [5, 5.41) is 19.4. The molecule has 4 atom stereocenters. The third-order valence-electron chi connectivity index (χ3n) is 29.2. The summed E-state index contributed by atoms with van der Waals surface area (Å²) in [5.41, 5.74) is 0.491. The summed E-state index contributed by atoms with van der Waals surface area (Å²) in [6.07, 6.45) is 6.05. The molecule has 0 radical (unpaired) electrons. The van der Waals surface area contributed by atoms with E-state index in [9.17, 15) is 83.1 Å². The molecule has 26 rings (SSSR count). The predicted octanol–water partition coefficient (Wildman–Crippen LogP) is 14.5. The first-order valence-electron chi connectivity index (χ1n) is 47.5. The van der Waals surface area contributed by atoms with Crippen LogP contribution in [0.4, 0.5) is 33.3 Å². The lowest BCUT2D eigenvalue weighted by Crippen LogP contribution is -2.84. The minimum atomic E-state index is -4.12. The van der Waals surface area contributed by atoms with Crippen LogP contribution in [0.1, 0.15) is 146 Å². The molecule has 6 N–H and O–H groups in total. The van der Waals surface area contributed by atoms with Gasteiger partial charge in [0, 0.05) is 106 Å². The molecule has 0 spiro atoms. The van der Waals surface area contributed by atoms with E-state index in [1.807, 2.05) is 13.0 Å². The van der Waals surface area contributed by atoms with E-state index in [1.165, 1.54) is 77.4 Å². The van der Waals surface area contributed by atoms with E-state index in [4.69, 9.17) is 76.8 Å². The molecule has 11 aromatic rings. The number of sulfonamides is 1. The average molecular weight is 2100 g/mol. The van der Waals surface area contributed by atoms with Crippen molar-refractivity contribution in [3.8, 4) is 40.2 Å². The molecule has 8 aromatic carbocycles. The monoisotopic (exact) mass is 2100 g/mol. The SMILES string of the molecule is COc1ccc2c(=O)cc(C(=O)CC34CC(NC(=O)COc5ccc(C)c(F)c5)(C3)C4)oc2c1.Cc1ccc(OCC(=O)NC23CC(NC(=O)C4CN(C(=O)[C@H]5C[C@@H]5F)c5cc(Cl)ccc5O4)(C2)C3)cc1F.Cc1ccc2c(=O)cc(C(=O)CC34CC(NC(=O)COc5ccc(C)c(F)c5)(C3)C4)oc2c1.Cc1ncc(S(=O)(=O)N2CC(C(=O)NC34CC(NC(=O)COc5ccc(Cl)c(F)c5)(C3)C4)Oc3ccc(Cl)cc32)n1C. The number of ether oxygens (including phenoxy) is 7. The highest BCUT2D eigenvalue weighted by Gasteiger charge is 2.72. The van der Waals surface area contributed by atoms with Crippen molar-refractivity contribution in [3.63, 3.8) is 0 Å². The van der Waals surface area contributed by atoms with Crippen molar-refractivity contribution >= 4 is 131 Å². The Bertz CT molecular complexity index is 7490. The van der Waals surface area contributed by atoms with Crippen molar-refractivity contribution in [2.24, 2.45) is 23.8 Å². The van der Waals surface area contributed by atoms with Gasteiger partial charge in [-0.05, 0) is 242 Å². The van der Waals surface area contributed by atoms with Gasteiger partial charge in [0.25, 0.3) is 45.5 Å². The van der Waals surface area contributed by atoms with Gasteiger partial charge < -0.3 is 83.4 Å². The average Bonchev–Trinajstić information content (AvgIpc) is 1.11. The molecule has 5 heterocycles. The van der Waals surface area contributed by atoms with Gasteiger partial charge in [-0.15, -0.1) is 0 Å². The number of fused-ring (bicyclic) bond motifs is 4. The number of ketones is 2. The smallest absolute Gasteiger partial charge is 0.281 e.